The van der Waals surface area contributed by atoms with E-state index in [-0.39, 0.29) is 11.5 Å². The molecular formula is C20H16F3N5O. The lowest BCUT2D eigenvalue weighted by Crippen LogP contribution is -2.10. The molecule has 0 atom stereocenters. The van der Waals surface area contributed by atoms with Crippen LogP contribution in [0.5, 0.6) is 5.75 Å². The Morgan fingerprint density at radius 2 is 1.76 bits per heavy atom. The first kappa shape index (κ1) is 18.7. The molecule has 0 aliphatic rings. The second-order valence-electron chi connectivity index (χ2n) is 6.34. The van der Waals surface area contributed by atoms with Gasteiger partial charge in [-0.3, -0.25) is 0 Å². The van der Waals surface area contributed by atoms with Gasteiger partial charge in [0.05, 0.1) is 36.1 Å². The van der Waals surface area contributed by atoms with Gasteiger partial charge in [-0.1, -0.05) is 12.1 Å². The van der Waals surface area contributed by atoms with Crippen LogP contribution in [0.15, 0.2) is 61.3 Å². The Morgan fingerprint density at radius 1 is 0.966 bits per heavy atom. The van der Waals surface area contributed by atoms with Crippen LogP contribution in [0.2, 0.25) is 0 Å². The van der Waals surface area contributed by atoms with Crippen molar-refractivity contribution >= 4 is 0 Å². The molecule has 148 valence electrons. The SMILES string of the molecule is COc1cc(-c2ncn(-c3ccccc3C(F)(F)F)n2)ccc1-n1cnc(C)c1. The predicted molar refractivity (Wildman–Crippen MR) is 100 cm³/mol. The van der Waals surface area contributed by atoms with E-state index in [9.17, 15) is 13.2 Å². The van der Waals surface area contributed by atoms with Gasteiger partial charge in [-0.2, -0.15) is 13.2 Å². The van der Waals surface area contributed by atoms with Crippen LogP contribution in [0.3, 0.4) is 0 Å². The molecule has 0 N–H and O–H groups in total. The number of imidazole rings is 1. The van der Waals surface area contributed by atoms with E-state index < -0.39 is 11.7 Å². The summed E-state index contributed by atoms with van der Waals surface area (Å²) in [5, 5.41) is 4.24. The van der Waals surface area contributed by atoms with Crippen LogP contribution in [-0.2, 0) is 6.18 Å². The largest absolute Gasteiger partial charge is 0.495 e. The number of aromatic nitrogens is 5. The maximum atomic E-state index is 13.3. The number of hydrogen-bond donors (Lipinski definition) is 0. The van der Waals surface area contributed by atoms with E-state index in [1.807, 2.05) is 23.8 Å². The second kappa shape index (κ2) is 7.08. The fourth-order valence-electron chi connectivity index (χ4n) is 3.01. The highest BCUT2D eigenvalue weighted by molar-refractivity contribution is 5.63. The zero-order valence-corrected chi connectivity index (χ0v) is 15.6. The maximum Gasteiger partial charge on any atom is 0.418 e. The summed E-state index contributed by atoms with van der Waals surface area (Å²) >= 11 is 0. The molecule has 0 spiro atoms. The van der Waals surface area contributed by atoms with Crippen molar-refractivity contribution in [2.45, 2.75) is 13.1 Å². The summed E-state index contributed by atoms with van der Waals surface area (Å²) in [6.07, 6.45) is 0.308. The van der Waals surface area contributed by atoms with Gasteiger partial charge in [0.1, 0.15) is 12.1 Å². The summed E-state index contributed by atoms with van der Waals surface area (Å²) < 4.78 is 48.3. The molecule has 2 aromatic carbocycles. The quantitative estimate of drug-likeness (QED) is 0.509. The van der Waals surface area contributed by atoms with E-state index in [4.69, 9.17) is 4.74 Å². The number of hydrogen-bond acceptors (Lipinski definition) is 4. The molecule has 0 saturated heterocycles. The minimum atomic E-state index is -4.49. The highest BCUT2D eigenvalue weighted by Crippen LogP contribution is 2.34. The Balaban J connectivity index is 1.73. The Bertz CT molecular complexity index is 1160. The van der Waals surface area contributed by atoms with Crippen LogP contribution >= 0.6 is 0 Å². The molecule has 0 fully saturated rings. The minimum absolute atomic E-state index is 0.0868. The van der Waals surface area contributed by atoms with Crippen molar-refractivity contribution in [2.75, 3.05) is 7.11 Å². The number of benzene rings is 2. The molecule has 2 aromatic heterocycles. The Hall–Kier alpha value is -3.62. The van der Waals surface area contributed by atoms with Crippen molar-refractivity contribution in [3.05, 3.63) is 72.6 Å². The van der Waals surface area contributed by atoms with Gasteiger partial charge >= 0.3 is 6.18 Å². The molecule has 29 heavy (non-hydrogen) atoms. The van der Waals surface area contributed by atoms with E-state index in [2.05, 4.69) is 15.1 Å². The summed E-state index contributed by atoms with van der Waals surface area (Å²) in [4.78, 5) is 8.38. The van der Waals surface area contributed by atoms with Gasteiger partial charge in [0, 0.05) is 11.8 Å². The lowest BCUT2D eigenvalue weighted by atomic mass is 10.1. The molecular weight excluding hydrogens is 383 g/mol. The van der Waals surface area contributed by atoms with Crippen molar-refractivity contribution in [1.82, 2.24) is 24.3 Å². The standard InChI is InChI=1S/C20H16F3N5O/c1-13-10-27(11-24-13)17-8-7-14(9-18(17)29-2)19-25-12-28(26-19)16-6-4-3-5-15(16)20(21,22)23/h3-12H,1-2H3. The Kier molecular flexibility index (Phi) is 4.57. The normalized spacial score (nSPS) is 11.6. The topological polar surface area (TPSA) is 57.8 Å². The van der Waals surface area contributed by atoms with Gasteiger partial charge in [0.2, 0.25) is 0 Å². The number of para-hydroxylation sites is 1. The number of halogens is 3. The third-order valence-corrected chi connectivity index (χ3v) is 4.38. The smallest absolute Gasteiger partial charge is 0.418 e. The summed E-state index contributed by atoms with van der Waals surface area (Å²) in [5.41, 5.74) is 1.39. The van der Waals surface area contributed by atoms with Gasteiger partial charge in [-0.05, 0) is 37.3 Å². The fraction of sp³-hybridized carbons (Fsp3) is 0.150. The van der Waals surface area contributed by atoms with Crippen LogP contribution in [0.4, 0.5) is 13.2 Å². The molecule has 0 bridgehead atoms. The van der Waals surface area contributed by atoms with Crippen molar-refractivity contribution in [3.8, 4) is 28.5 Å². The van der Waals surface area contributed by atoms with Gasteiger partial charge < -0.3 is 9.30 Å². The highest BCUT2D eigenvalue weighted by Gasteiger charge is 2.34. The van der Waals surface area contributed by atoms with Crippen molar-refractivity contribution < 1.29 is 17.9 Å². The predicted octanol–water partition coefficient (Wildman–Crippen LogP) is 4.46. The van der Waals surface area contributed by atoms with E-state index in [1.54, 1.807) is 18.5 Å². The Morgan fingerprint density at radius 3 is 2.45 bits per heavy atom. The fourth-order valence-corrected chi connectivity index (χ4v) is 3.01. The summed E-state index contributed by atoms with van der Waals surface area (Å²) in [6.45, 7) is 1.88. The van der Waals surface area contributed by atoms with Gasteiger partial charge in [-0.25, -0.2) is 14.6 Å². The lowest BCUT2D eigenvalue weighted by molar-refractivity contribution is -0.137. The first-order valence-electron chi connectivity index (χ1n) is 8.64. The van der Waals surface area contributed by atoms with Crippen LogP contribution in [-0.4, -0.2) is 31.4 Å². The molecule has 0 aliphatic carbocycles. The number of nitrogens with zero attached hydrogens (tertiary/aromatic N) is 5. The molecule has 0 saturated carbocycles. The number of aryl methyl sites for hydroxylation is 1. The van der Waals surface area contributed by atoms with Crippen molar-refractivity contribution in [1.29, 1.82) is 0 Å². The number of rotatable bonds is 4. The summed E-state index contributed by atoms with van der Waals surface area (Å²) in [6, 6.07) is 10.6. The molecule has 0 aliphatic heterocycles. The maximum absolute atomic E-state index is 13.3. The van der Waals surface area contributed by atoms with Crippen molar-refractivity contribution in [3.63, 3.8) is 0 Å². The third-order valence-electron chi connectivity index (χ3n) is 4.38. The molecule has 0 amide bonds. The van der Waals surface area contributed by atoms with Crippen LogP contribution in [0.1, 0.15) is 11.3 Å². The molecule has 2 heterocycles. The number of methoxy groups -OCH3 is 1. The second-order valence-corrected chi connectivity index (χ2v) is 6.34. The first-order valence-corrected chi connectivity index (χ1v) is 8.64. The molecule has 0 unspecified atom stereocenters. The molecule has 6 nitrogen and oxygen atoms in total. The Labute approximate surface area is 164 Å². The van der Waals surface area contributed by atoms with E-state index >= 15 is 0 Å². The average Bonchev–Trinajstić information content (AvgIpc) is 3.36. The zero-order valence-electron chi connectivity index (χ0n) is 15.6. The van der Waals surface area contributed by atoms with Crippen LogP contribution < -0.4 is 4.74 Å². The average molecular weight is 399 g/mol. The van der Waals surface area contributed by atoms with E-state index in [0.29, 0.717) is 11.3 Å². The van der Waals surface area contributed by atoms with Gasteiger partial charge in [0.25, 0.3) is 0 Å². The monoisotopic (exact) mass is 399 g/mol. The third kappa shape index (κ3) is 3.58. The van der Waals surface area contributed by atoms with E-state index in [0.717, 1.165) is 22.1 Å². The molecule has 9 heteroatoms. The van der Waals surface area contributed by atoms with Crippen LogP contribution in [0.25, 0.3) is 22.8 Å². The summed E-state index contributed by atoms with van der Waals surface area (Å²) in [5.74, 6) is 0.848. The zero-order chi connectivity index (χ0) is 20.6. The van der Waals surface area contributed by atoms with E-state index in [1.165, 1.54) is 31.6 Å². The summed E-state index contributed by atoms with van der Waals surface area (Å²) in [7, 11) is 1.54. The minimum Gasteiger partial charge on any atom is -0.495 e. The van der Waals surface area contributed by atoms with Gasteiger partial charge in [-0.15, -0.1) is 5.10 Å². The highest BCUT2D eigenvalue weighted by atomic mass is 19.4. The lowest BCUT2D eigenvalue weighted by Gasteiger charge is -2.12. The number of alkyl halides is 3. The van der Waals surface area contributed by atoms with Crippen molar-refractivity contribution in [2.24, 2.45) is 0 Å². The molecule has 4 rings (SSSR count). The number of ether oxygens (including phenoxy) is 1. The van der Waals surface area contributed by atoms with Gasteiger partial charge in [0.15, 0.2) is 5.82 Å². The van der Waals surface area contributed by atoms with Crippen LogP contribution in [0, 0.1) is 6.92 Å². The molecule has 0 radical (unpaired) electrons. The molecule has 4 aromatic rings. The first-order chi connectivity index (χ1) is 13.9.